The molecule has 152 valence electrons. The summed E-state index contributed by atoms with van der Waals surface area (Å²) in [7, 11) is -2.43. The molecule has 1 N–H and O–H groups in total. The average Bonchev–Trinajstić information content (AvgIpc) is 3.14. The van der Waals surface area contributed by atoms with Crippen molar-refractivity contribution in [1.82, 2.24) is 9.62 Å². The number of nitrogens with zero attached hydrogens (tertiary/aromatic N) is 1. The molecule has 0 unspecified atom stereocenters. The molecule has 1 aromatic heterocycles. The molecule has 0 aliphatic rings. The maximum atomic E-state index is 12.3. The number of rotatable bonds is 8. The molecule has 1 amide bonds. The molecular formula is C17H18Cl2N2O5S2. The van der Waals surface area contributed by atoms with Crippen LogP contribution >= 0.6 is 34.5 Å². The van der Waals surface area contributed by atoms with Crippen molar-refractivity contribution in [2.75, 3.05) is 13.7 Å². The van der Waals surface area contributed by atoms with Gasteiger partial charge in [-0.25, -0.2) is 8.42 Å². The van der Waals surface area contributed by atoms with E-state index in [4.69, 9.17) is 27.9 Å². The molecule has 0 radical (unpaired) electrons. The first-order chi connectivity index (χ1) is 13.1. The molecule has 0 saturated carbocycles. The largest absolute Gasteiger partial charge is 0.454 e. The number of esters is 1. The standard InChI is InChI=1S/C17H18Cl2N2O5S2/c1-11(20-28(24,25)13-3-4-14(18)15(19)7-13)17(23)26-9-16(22)21(2)8-12-5-6-27-10-12/h3-7,10-11,20H,8-9H2,1-2H3/t11-/m0/s1. The van der Waals surface area contributed by atoms with E-state index in [1.807, 2.05) is 16.8 Å². The molecule has 1 aromatic carbocycles. The lowest BCUT2D eigenvalue weighted by atomic mass is 10.3. The molecule has 0 spiro atoms. The Labute approximate surface area is 177 Å². The number of carbonyl (C=O) groups excluding carboxylic acids is 2. The third kappa shape index (κ3) is 6.18. The summed E-state index contributed by atoms with van der Waals surface area (Å²) in [4.78, 5) is 25.4. The van der Waals surface area contributed by atoms with E-state index in [1.165, 1.54) is 41.4 Å². The van der Waals surface area contributed by atoms with Gasteiger partial charge in [0.05, 0.1) is 14.9 Å². The number of carbonyl (C=O) groups is 2. The Morgan fingerprint density at radius 3 is 2.57 bits per heavy atom. The number of halogens is 2. The molecule has 0 aliphatic carbocycles. The lowest BCUT2D eigenvalue weighted by Gasteiger charge is -2.18. The molecule has 1 heterocycles. The fourth-order valence-corrected chi connectivity index (χ4v) is 4.35. The molecule has 0 aliphatic heterocycles. The summed E-state index contributed by atoms with van der Waals surface area (Å²) in [6.45, 7) is 1.22. The maximum Gasteiger partial charge on any atom is 0.324 e. The Bertz CT molecular complexity index is 948. The van der Waals surface area contributed by atoms with E-state index >= 15 is 0 Å². The Hall–Kier alpha value is -1.65. The normalized spacial score (nSPS) is 12.4. The monoisotopic (exact) mass is 464 g/mol. The van der Waals surface area contributed by atoms with E-state index < -0.39 is 34.5 Å². The predicted octanol–water partition coefficient (Wildman–Crippen LogP) is 2.92. The van der Waals surface area contributed by atoms with Crippen molar-refractivity contribution in [2.24, 2.45) is 0 Å². The fourth-order valence-electron chi connectivity index (χ4n) is 2.11. The van der Waals surface area contributed by atoms with Crippen LogP contribution in [0.3, 0.4) is 0 Å². The highest BCUT2D eigenvalue weighted by atomic mass is 35.5. The molecule has 0 fully saturated rings. The number of likely N-dealkylation sites (N-methyl/N-ethyl adjacent to an activating group) is 1. The summed E-state index contributed by atoms with van der Waals surface area (Å²) in [6.07, 6.45) is 0. The van der Waals surface area contributed by atoms with Crippen LogP contribution < -0.4 is 4.72 Å². The molecule has 0 saturated heterocycles. The topological polar surface area (TPSA) is 92.8 Å². The maximum absolute atomic E-state index is 12.3. The summed E-state index contributed by atoms with van der Waals surface area (Å²) in [6, 6.07) is 4.46. The molecule has 1 atom stereocenters. The average molecular weight is 465 g/mol. The first kappa shape index (κ1) is 22.6. The van der Waals surface area contributed by atoms with Crippen LogP contribution in [0.25, 0.3) is 0 Å². The van der Waals surface area contributed by atoms with Gasteiger partial charge >= 0.3 is 5.97 Å². The van der Waals surface area contributed by atoms with Gasteiger partial charge in [-0.15, -0.1) is 0 Å². The van der Waals surface area contributed by atoms with Gasteiger partial charge in [0.15, 0.2) is 6.61 Å². The summed E-state index contributed by atoms with van der Waals surface area (Å²) in [5.74, 6) is -1.28. The third-order valence-corrected chi connectivity index (χ3v) is 6.66. The van der Waals surface area contributed by atoms with Crippen LogP contribution in [0, 0.1) is 0 Å². The van der Waals surface area contributed by atoms with Crippen molar-refractivity contribution >= 4 is 56.4 Å². The lowest BCUT2D eigenvalue weighted by Crippen LogP contribution is -2.41. The van der Waals surface area contributed by atoms with Crippen molar-refractivity contribution in [3.63, 3.8) is 0 Å². The third-order valence-electron chi connectivity index (χ3n) is 3.65. The van der Waals surface area contributed by atoms with Crippen LogP contribution in [0.15, 0.2) is 39.9 Å². The van der Waals surface area contributed by atoms with Crippen LogP contribution in [0.5, 0.6) is 0 Å². The van der Waals surface area contributed by atoms with Crippen LogP contribution in [0.4, 0.5) is 0 Å². The van der Waals surface area contributed by atoms with Crippen LogP contribution in [0.1, 0.15) is 12.5 Å². The minimum absolute atomic E-state index is 0.0685. The van der Waals surface area contributed by atoms with Gasteiger partial charge in [-0.05, 0) is 47.5 Å². The summed E-state index contributed by atoms with van der Waals surface area (Å²) in [5, 5.41) is 4.09. The molecular weight excluding hydrogens is 447 g/mol. The predicted molar refractivity (Wildman–Crippen MR) is 108 cm³/mol. The molecule has 28 heavy (non-hydrogen) atoms. The number of benzene rings is 1. The first-order valence-corrected chi connectivity index (χ1v) is 11.2. The second kappa shape index (κ2) is 9.71. The zero-order valence-electron chi connectivity index (χ0n) is 15.0. The van der Waals surface area contributed by atoms with Crippen molar-refractivity contribution in [1.29, 1.82) is 0 Å². The number of amides is 1. The van der Waals surface area contributed by atoms with E-state index in [0.717, 1.165) is 5.56 Å². The summed E-state index contributed by atoms with van der Waals surface area (Å²) in [5.41, 5.74) is 0.968. The zero-order chi connectivity index (χ0) is 20.9. The van der Waals surface area contributed by atoms with Crippen molar-refractivity contribution in [2.45, 2.75) is 24.4 Å². The Morgan fingerprint density at radius 1 is 1.25 bits per heavy atom. The zero-order valence-corrected chi connectivity index (χ0v) is 18.2. The highest BCUT2D eigenvalue weighted by Gasteiger charge is 2.24. The summed E-state index contributed by atoms with van der Waals surface area (Å²) < 4.78 is 31.8. The van der Waals surface area contributed by atoms with E-state index in [1.54, 1.807) is 7.05 Å². The molecule has 0 bridgehead atoms. The number of sulfonamides is 1. The van der Waals surface area contributed by atoms with E-state index in [2.05, 4.69) is 4.72 Å². The van der Waals surface area contributed by atoms with E-state index in [-0.39, 0.29) is 14.9 Å². The number of nitrogens with one attached hydrogen (secondary N) is 1. The quantitative estimate of drug-likeness (QED) is 0.606. The van der Waals surface area contributed by atoms with Gasteiger partial charge in [0.2, 0.25) is 10.0 Å². The minimum Gasteiger partial charge on any atom is -0.454 e. The van der Waals surface area contributed by atoms with Crippen molar-refractivity contribution in [3.8, 4) is 0 Å². The van der Waals surface area contributed by atoms with Gasteiger partial charge in [0.25, 0.3) is 5.91 Å². The number of hydrogen-bond acceptors (Lipinski definition) is 6. The van der Waals surface area contributed by atoms with Gasteiger partial charge in [-0.1, -0.05) is 23.2 Å². The molecule has 7 nitrogen and oxygen atoms in total. The van der Waals surface area contributed by atoms with Gasteiger partial charge in [-0.3, -0.25) is 9.59 Å². The Morgan fingerprint density at radius 2 is 1.96 bits per heavy atom. The SMILES string of the molecule is C[C@H](NS(=O)(=O)c1ccc(Cl)c(Cl)c1)C(=O)OCC(=O)N(C)Cc1ccsc1. The fraction of sp³-hybridized carbons (Fsp3) is 0.294. The lowest BCUT2D eigenvalue weighted by molar-refractivity contribution is -0.152. The second-order valence-corrected chi connectivity index (χ2v) is 9.22. The van der Waals surface area contributed by atoms with Gasteiger partial charge in [0.1, 0.15) is 6.04 Å². The highest BCUT2D eigenvalue weighted by Crippen LogP contribution is 2.24. The first-order valence-electron chi connectivity index (χ1n) is 7.99. The number of thiophene rings is 1. The van der Waals surface area contributed by atoms with Crippen LogP contribution in [-0.4, -0.2) is 44.9 Å². The van der Waals surface area contributed by atoms with Gasteiger partial charge < -0.3 is 9.64 Å². The smallest absolute Gasteiger partial charge is 0.324 e. The molecule has 2 rings (SSSR count). The molecule has 2 aromatic rings. The van der Waals surface area contributed by atoms with E-state index in [9.17, 15) is 18.0 Å². The summed E-state index contributed by atoms with van der Waals surface area (Å²) >= 11 is 13.1. The van der Waals surface area contributed by atoms with Crippen LogP contribution in [-0.2, 0) is 30.9 Å². The van der Waals surface area contributed by atoms with E-state index in [0.29, 0.717) is 6.54 Å². The molecule has 11 heteroatoms. The second-order valence-electron chi connectivity index (χ2n) is 5.91. The number of ether oxygens (including phenoxy) is 1. The highest BCUT2D eigenvalue weighted by molar-refractivity contribution is 7.89. The number of hydrogen-bond donors (Lipinski definition) is 1. The Kier molecular flexibility index (Phi) is 7.85. The van der Waals surface area contributed by atoms with Crippen molar-refractivity contribution < 1.29 is 22.7 Å². The van der Waals surface area contributed by atoms with Crippen molar-refractivity contribution in [3.05, 3.63) is 50.6 Å². The van der Waals surface area contributed by atoms with Gasteiger partial charge in [0, 0.05) is 13.6 Å². The van der Waals surface area contributed by atoms with Crippen LogP contribution in [0.2, 0.25) is 10.0 Å². The minimum atomic E-state index is -4.02. The Balaban J connectivity index is 1.89. The van der Waals surface area contributed by atoms with Gasteiger partial charge in [-0.2, -0.15) is 16.1 Å².